The number of rotatable bonds is 6. The second-order valence-corrected chi connectivity index (χ2v) is 7.26. The summed E-state index contributed by atoms with van der Waals surface area (Å²) < 4.78 is 43.0. The van der Waals surface area contributed by atoms with Gasteiger partial charge in [-0.2, -0.15) is 0 Å². The molecule has 7 nitrogen and oxygen atoms in total. The van der Waals surface area contributed by atoms with Crippen molar-refractivity contribution in [2.24, 2.45) is 0 Å². The molecular formula is C17H14N2O5S. The number of nitrogens with one attached hydrogen (secondary N) is 1. The van der Waals surface area contributed by atoms with Gasteiger partial charge in [0.1, 0.15) is 17.2 Å². The Morgan fingerprint density at radius 2 is 1.88 bits per heavy atom. The first-order chi connectivity index (χ1) is 12.1. The van der Waals surface area contributed by atoms with Crippen LogP contribution in [0, 0.1) is 0 Å². The number of hydrogen-bond acceptors (Lipinski definition) is 6. The molecule has 0 aliphatic carbocycles. The Morgan fingerprint density at radius 1 is 1.00 bits per heavy atom. The molecule has 0 radical (unpaired) electrons. The van der Waals surface area contributed by atoms with Crippen LogP contribution in [0.15, 0.2) is 68.2 Å². The first-order valence-corrected chi connectivity index (χ1v) is 9.19. The van der Waals surface area contributed by atoms with Crippen molar-refractivity contribution in [2.75, 3.05) is 0 Å². The number of nitrogens with zero attached hydrogens (tertiary/aromatic N) is 1. The summed E-state index contributed by atoms with van der Waals surface area (Å²) in [6.07, 6.45) is 1.54. The summed E-state index contributed by atoms with van der Waals surface area (Å²) >= 11 is 0. The lowest BCUT2D eigenvalue weighted by Gasteiger charge is -2.03. The summed E-state index contributed by atoms with van der Waals surface area (Å²) in [7, 11) is -3.59. The van der Waals surface area contributed by atoms with Crippen LogP contribution in [0.3, 0.4) is 0 Å². The predicted molar refractivity (Wildman–Crippen MR) is 89.9 cm³/mol. The quantitative estimate of drug-likeness (QED) is 0.568. The normalized spacial score (nSPS) is 12.0. The van der Waals surface area contributed by atoms with Gasteiger partial charge in [0.05, 0.1) is 12.8 Å². The first-order valence-electron chi connectivity index (χ1n) is 7.54. The summed E-state index contributed by atoms with van der Waals surface area (Å²) in [6, 6.07) is 14.1. The molecule has 0 amide bonds. The van der Waals surface area contributed by atoms with Crippen LogP contribution in [0.4, 0.5) is 0 Å². The van der Waals surface area contributed by atoms with E-state index in [-0.39, 0.29) is 12.3 Å². The zero-order chi connectivity index (χ0) is 17.3. The van der Waals surface area contributed by atoms with E-state index >= 15 is 0 Å². The lowest BCUT2D eigenvalue weighted by atomic mass is 10.2. The van der Waals surface area contributed by atoms with Gasteiger partial charge in [0, 0.05) is 5.39 Å². The van der Waals surface area contributed by atoms with Crippen LogP contribution in [-0.4, -0.2) is 13.6 Å². The average Bonchev–Trinajstić information content (AvgIpc) is 3.34. The minimum absolute atomic E-state index is 0.0405. The Balaban J connectivity index is 1.45. The molecule has 8 heteroatoms. The number of furan rings is 2. The summed E-state index contributed by atoms with van der Waals surface area (Å²) in [4.78, 5) is 0. The van der Waals surface area contributed by atoms with Crippen molar-refractivity contribution in [3.63, 3.8) is 0 Å². The van der Waals surface area contributed by atoms with Gasteiger partial charge in [-0.25, -0.2) is 13.1 Å². The van der Waals surface area contributed by atoms with Gasteiger partial charge < -0.3 is 13.4 Å². The smallest absolute Gasteiger partial charge is 0.217 e. The minimum atomic E-state index is -3.59. The lowest BCUT2D eigenvalue weighted by Crippen LogP contribution is -2.24. The summed E-state index contributed by atoms with van der Waals surface area (Å²) in [6.45, 7) is 0.0405. The van der Waals surface area contributed by atoms with E-state index < -0.39 is 10.0 Å². The summed E-state index contributed by atoms with van der Waals surface area (Å²) in [5, 5.41) is 4.53. The monoisotopic (exact) mass is 358 g/mol. The number of aromatic nitrogens is 1. The second-order valence-electron chi connectivity index (χ2n) is 5.45. The van der Waals surface area contributed by atoms with Crippen molar-refractivity contribution < 1.29 is 21.8 Å². The van der Waals surface area contributed by atoms with Crippen molar-refractivity contribution in [3.8, 4) is 11.5 Å². The van der Waals surface area contributed by atoms with Gasteiger partial charge >= 0.3 is 0 Å². The van der Waals surface area contributed by atoms with E-state index in [0.717, 1.165) is 0 Å². The van der Waals surface area contributed by atoms with Gasteiger partial charge in [-0.15, -0.1) is 0 Å². The summed E-state index contributed by atoms with van der Waals surface area (Å²) in [5.41, 5.74) is 0.931. The van der Waals surface area contributed by atoms with Crippen molar-refractivity contribution in [1.29, 1.82) is 0 Å². The fraction of sp³-hybridized carbons (Fsp3) is 0.118. The largest absolute Gasteiger partial charge is 0.461 e. The van der Waals surface area contributed by atoms with Crippen LogP contribution < -0.4 is 4.72 Å². The van der Waals surface area contributed by atoms with E-state index in [2.05, 4.69) is 9.88 Å². The number of hydrogen-bond donors (Lipinski definition) is 1. The Kier molecular flexibility index (Phi) is 3.90. The highest BCUT2D eigenvalue weighted by Gasteiger charge is 2.18. The molecule has 4 aromatic rings. The van der Waals surface area contributed by atoms with E-state index in [4.69, 9.17) is 13.4 Å². The molecule has 0 atom stereocenters. The fourth-order valence-corrected chi connectivity index (χ4v) is 3.51. The van der Waals surface area contributed by atoms with E-state index in [1.807, 2.05) is 6.07 Å². The molecule has 1 N–H and O–H groups in total. The number of benzene rings is 1. The maximum atomic E-state index is 12.3. The van der Waals surface area contributed by atoms with Crippen molar-refractivity contribution in [1.82, 2.24) is 9.88 Å². The van der Waals surface area contributed by atoms with Crippen molar-refractivity contribution in [2.45, 2.75) is 12.3 Å². The Morgan fingerprint density at radius 3 is 2.72 bits per heavy atom. The third-order valence-corrected chi connectivity index (χ3v) is 4.91. The first kappa shape index (κ1) is 15.7. The Labute approximate surface area is 143 Å². The van der Waals surface area contributed by atoms with E-state index in [0.29, 0.717) is 33.9 Å². The number of para-hydroxylation sites is 1. The van der Waals surface area contributed by atoms with Gasteiger partial charge in [0.25, 0.3) is 0 Å². The van der Waals surface area contributed by atoms with Crippen LogP contribution in [0.5, 0.6) is 0 Å². The van der Waals surface area contributed by atoms with Crippen LogP contribution in [0.25, 0.3) is 22.5 Å². The molecule has 1 aromatic carbocycles. The van der Waals surface area contributed by atoms with Crippen LogP contribution in [-0.2, 0) is 22.3 Å². The maximum absolute atomic E-state index is 12.3. The molecule has 0 bridgehead atoms. The molecule has 0 aliphatic rings. The molecule has 128 valence electrons. The van der Waals surface area contributed by atoms with Crippen molar-refractivity contribution in [3.05, 3.63) is 66.2 Å². The molecule has 0 aliphatic heterocycles. The number of fused-ring (bicyclic) bond motifs is 1. The average molecular weight is 358 g/mol. The molecule has 3 aromatic heterocycles. The van der Waals surface area contributed by atoms with Crippen LogP contribution >= 0.6 is 0 Å². The zero-order valence-corrected chi connectivity index (χ0v) is 13.8. The second kappa shape index (κ2) is 6.23. The highest BCUT2D eigenvalue weighted by molar-refractivity contribution is 7.88. The Hall–Kier alpha value is -2.84. The predicted octanol–water partition coefficient (Wildman–Crippen LogP) is 3.30. The standard InChI is InChI=1S/C17H14N2O5S/c20-25(21,11-14-13-4-1-2-5-15(13)24-19-14)18-10-12-7-8-17(23-12)16-6-3-9-22-16/h1-9,18H,10-11H2. The highest BCUT2D eigenvalue weighted by Crippen LogP contribution is 2.23. The molecule has 4 rings (SSSR count). The molecule has 0 fully saturated rings. The molecule has 0 spiro atoms. The van der Waals surface area contributed by atoms with E-state index in [1.54, 1.807) is 48.7 Å². The minimum Gasteiger partial charge on any atom is -0.461 e. The summed E-state index contributed by atoms with van der Waals surface area (Å²) in [5.74, 6) is 1.35. The SMILES string of the molecule is O=S(=O)(Cc1noc2ccccc12)NCc1ccc(-c2ccco2)o1. The fourth-order valence-electron chi connectivity index (χ4n) is 2.48. The van der Waals surface area contributed by atoms with E-state index in [1.165, 1.54) is 0 Å². The van der Waals surface area contributed by atoms with Crippen LogP contribution in [0.1, 0.15) is 11.5 Å². The van der Waals surface area contributed by atoms with Gasteiger partial charge in [0.15, 0.2) is 17.1 Å². The van der Waals surface area contributed by atoms with Gasteiger partial charge in [0.2, 0.25) is 10.0 Å². The lowest BCUT2D eigenvalue weighted by molar-refractivity contribution is 0.448. The van der Waals surface area contributed by atoms with Gasteiger partial charge in [-0.1, -0.05) is 17.3 Å². The maximum Gasteiger partial charge on any atom is 0.217 e. The molecule has 25 heavy (non-hydrogen) atoms. The number of sulfonamides is 1. The molecular weight excluding hydrogens is 344 g/mol. The highest BCUT2D eigenvalue weighted by atomic mass is 32.2. The van der Waals surface area contributed by atoms with Gasteiger partial charge in [-0.3, -0.25) is 0 Å². The molecule has 0 saturated carbocycles. The molecule has 0 saturated heterocycles. The third-order valence-electron chi connectivity index (χ3n) is 3.67. The molecule has 3 heterocycles. The van der Waals surface area contributed by atoms with Crippen LogP contribution in [0.2, 0.25) is 0 Å². The molecule has 0 unspecified atom stereocenters. The topological polar surface area (TPSA) is 98.5 Å². The third kappa shape index (κ3) is 3.35. The van der Waals surface area contributed by atoms with Crippen molar-refractivity contribution >= 4 is 21.0 Å². The van der Waals surface area contributed by atoms with E-state index in [9.17, 15) is 8.42 Å². The zero-order valence-electron chi connectivity index (χ0n) is 13.0. The van der Waals surface area contributed by atoms with Gasteiger partial charge in [-0.05, 0) is 36.4 Å². The Bertz CT molecular complexity index is 1090.